The fraction of sp³-hybridized carbons (Fsp3) is 0.471. The van der Waals surface area contributed by atoms with Crippen LogP contribution in [0.25, 0.3) is 0 Å². The summed E-state index contributed by atoms with van der Waals surface area (Å²) >= 11 is 0. The summed E-state index contributed by atoms with van der Waals surface area (Å²) in [4.78, 5) is 12.4. The van der Waals surface area contributed by atoms with E-state index in [4.69, 9.17) is 0 Å². The first-order valence-electron chi connectivity index (χ1n) is 6.98. The summed E-state index contributed by atoms with van der Waals surface area (Å²) in [6.07, 6.45) is 8.80. The molecule has 0 amide bonds. The lowest BCUT2D eigenvalue weighted by molar-refractivity contribution is -0.118. The number of carbonyl (C=O) groups excluding carboxylic acids is 1. The van der Waals surface area contributed by atoms with E-state index >= 15 is 0 Å². The van der Waals surface area contributed by atoms with Crippen LogP contribution < -0.4 is 5.32 Å². The first kappa shape index (κ1) is 17.4. The van der Waals surface area contributed by atoms with Gasteiger partial charge >= 0.3 is 0 Å². The first-order valence-corrected chi connectivity index (χ1v) is 6.98. The Labute approximate surface area is 118 Å². The molecule has 0 aromatic heterocycles. The van der Waals surface area contributed by atoms with Crippen molar-refractivity contribution in [2.75, 3.05) is 0 Å². The quantitative estimate of drug-likeness (QED) is 0.493. The summed E-state index contributed by atoms with van der Waals surface area (Å²) < 4.78 is 0. The van der Waals surface area contributed by atoms with E-state index in [2.05, 4.69) is 32.3 Å². The van der Waals surface area contributed by atoms with E-state index in [1.165, 1.54) is 0 Å². The predicted octanol–water partition coefficient (Wildman–Crippen LogP) is 4.38. The van der Waals surface area contributed by atoms with Crippen LogP contribution in [-0.2, 0) is 4.79 Å². The maximum absolute atomic E-state index is 12.4. The third kappa shape index (κ3) is 5.29. The minimum absolute atomic E-state index is 0.0252. The Morgan fingerprint density at radius 2 is 1.74 bits per heavy atom. The number of carbonyl (C=O) groups is 1. The molecule has 0 fully saturated rings. The fourth-order valence-corrected chi connectivity index (χ4v) is 1.69. The van der Waals surface area contributed by atoms with Crippen molar-refractivity contribution in [2.24, 2.45) is 11.8 Å². The second-order valence-corrected chi connectivity index (χ2v) is 4.75. The van der Waals surface area contributed by atoms with Crippen molar-refractivity contribution in [1.29, 1.82) is 0 Å². The van der Waals surface area contributed by atoms with E-state index in [1.54, 1.807) is 12.2 Å². The van der Waals surface area contributed by atoms with Crippen LogP contribution in [0.5, 0.6) is 0 Å². The van der Waals surface area contributed by atoms with Crippen molar-refractivity contribution in [1.82, 2.24) is 5.32 Å². The maximum Gasteiger partial charge on any atom is 0.167 e. The smallest absolute Gasteiger partial charge is 0.167 e. The van der Waals surface area contributed by atoms with Gasteiger partial charge in [0.15, 0.2) is 5.78 Å². The largest absolute Gasteiger partial charge is 0.364 e. The lowest BCUT2D eigenvalue weighted by atomic mass is 9.91. The molecule has 2 heteroatoms. The lowest BCUT2D eigenvalue weighted by Crippen LogP contribution is -2.21. The number of ketones is 1. The van der Waals surface area contributed by atoms with Gasteiger partial charge in [-0.1, -0.05) is 53.0 Å². The number of Topliss-reactive ketones (excluding diaryl/α,β-unsaturated/α-hetero) is 1. The van der Waals surface area contributed by atoms with E-state index in [9.17, 15) is 4.79 Å². The zero-order chi connectivity index (χ0) is 14.8. The maximum atomic E-state index is 12.4. The van der Waals surface area contributed by atoms with Crippen LogP contribution in [0, 0.1) is 11.8 Å². The van der Waals surface area contributed by atoms with E-state index in [-0.39, 0.29) is 17.6 Å². The van der Waals surface area contributed by atoms with Crippen LogP contribution in [0.1, 0.15) is 40.5 Å². The Morgan fingerprint density at radius 1 is 1.16 bits per heavy atom. The predicted molar refractivity (Wildman–Crippen MR) is 83.6 cm³/mol. The normalized spacial score (nSPS) is 15.6. The highest BCUT2D eigenvalue weighted by Gasteiger charge is 2.20. The van der Waals surface area contributed by atoms with Gasteiger partial charge in [0.05, 0.1) is 0 Å². The Bertz CT molecular complexity index is 377. The van der Waals surface area contributed by atoms with Crippen molar-refractivity contribution >= 4 is 5.78 Å². The molecule has 19 heavy (non-hydrogen) atoms. The SMILES string of the molecule is C=C/C=C\N/C(=C(\C=C)C(=O)C(C)CC)C(C)CC. The second kappa shape index (κ2) is 9.37. The number of allylic oxidation sites excluding steroid dienone is 5. The summed E-state index contributed by atoms with van der Waals surface area (Å²) in [5.41, 5.74) is 1.65. The number of hydrogen-bond donors (Lipinski definition) is 1. The Kier molecular flexibility index (Phi) is 8.60. The molecule has 0 aliphatic rings. The van der Waals surface area contributed by atoms with E-state index in [1.807, 2.05) is 26.1 Å². The topological polar surface area (TPSA) is 29.1 Å². The highest BCUT2D eigenvalue weighted by Crippen LogP contribution is 2.21. The first-order chi connectivity index (χ1) is 9.03. The molecule has 2 unspecified atom stereocenters. The Balaban J connectivity index is 5.48. The summed E-state index contributed by atoms with van der Waals surface area (Å²) in [6, 6.07) is 0. The number of nitrogens with one attached hydrogen (secondary N) is 1. The highest BCUT2D eigenvalue weighted by atomic mass is 16.1. The minimum atomic E-state index is 0.0252. The highest BCUT2D eigenvalue weighted by molar-refractivity contribution is 6.00. The fourth-order valence-electron chi connectivity index (χ4n) is 1.69. The van der Waals surface area contributed by atoms with E-state index in [0.29, 0.717) is 5.57 Å². The zero-order valence-electron chi connectivity index (χ0n) is 12.7. The van der Waals surface area contributed by atoms with Crippen LogP contribution in [0.3, 0.4) is 0 Å². The van der Waals surface area contributed by atoms with Crippen molar-refractivity contribution in [3.05, 3.63) is 48.9 Å². The van der Waals surface area contributed by atoms with Gasteiger partial charge in [0.25, 0.3) is 0 Å². The molecule has 1 N–H and O–H groups in total. The molecule has 2 atom stereocenters. The monoisotopic (exact) mass is 261 g/mol. The molecule has 0 aromatic rings. The van der Waals surface area contributed by atoms with Gasteiger partial charge in [0.1, 0.15) is 0 Å². The Hall–Kier alpha value is -1.57. The average molecular weight is 261 g/mol. The van der Waals surface area contributed by atoms with E-state index in [0.717, 1.165) is 18.5 Å². The molecule has 0 saturated heterocycles. The summed E-state index contributed by atoms with van der Waals surface area (Å²) in [5.74, 6) is 0.472. The molecule has 0 heterocycles. The second-order valence-electron chi connectivity index (χ2n) is 4.75. The Morgan fingerprint density at radius 3 is 2.16 bits per heavy atom. The third-order valence-corrected chi connectivity index (χ3v) is 3.40. The third-order valence-electron chi connectivity index (χ3n) is 3.40. The number of hydrogen-bond acceptors (Lipinski definition) is 2. The van der Waals surface area contributed by atoms with Gasteiger partial charge in [-0.05, 0) is 24.8 Å². The lowest BCUT2D eigenvalue weighted by Gasteiger charge is -2.19. The van der Waals surface area contributed by atoms with E-state index < -0.39 is 0 Å². The molecule has 0 spiro atoms. The molecule has 106 valence electrons. The summed E-state index contributed by atoms with van der Waals surface area (Å²) in [5, 5.41) is 3.22. The molecule has 0 aromatic carbocycles. The molecular weight excluding hydrogens is 234 g/mol. The molecule has 0 radical (unpaired) electrons. The number of rotatable bonds is 9. The van der Waals surface area contributed by atoms with Gasteiger partial charge in [0.2, 0.25) is 0 Å². The van der Waals surface area contributed by atoms with Crippen LogP contribution >= 0.6 is 0 Å². The van der Waals surface area contributed by atoms with Crippen LogP contribution in [0.2, 0.25) is 0 Å². The van der Waals surface area contributed by atoms with Gasteiger partial charge < -0.3 is 5.32 Å². The molecule has 0 rings (SSSR count). The van der Waals surface area contributed by atoms with Gasteiger partial charge in [0, 0.05) is 23.4 Å². The van der Waals surface area contributed by atoms with Gasteiger partial charge in [-0.3, -0.25) is 4.79 Å². The standard InChI is InChI=1S/C17H27NO/c1-7-11-12-18-16(13(5)8-2)15(10-4)17(19)14(6)9-3/h7,10-14,18H,1,4,8-9H2,2-3,5-6H3/b12-11-,16-15+. The molecule has 0 saturated carbocycles. The molecule has 0 aliphatic heterocycles. The molecule has 0 aliphatic carbocycles. The van der Waals surface area contributed by atoms with Gasteiger partial charge in [-0.2, -0.15) is 0 Å². The molecular formula is C17H27NO. The van der Waals surface area contributed by atoms with Crippen molar-refractivity contribution in [3.8, 4) is 0 Å². The van der Waals surface area contributed by atoms with Crippen LogP contribution in [-0.4, -0.2) is 5.78 Å². The average Bonchev–Trinajstić information content (AvgIpc) is 2.44. The summed E-state index contributed by atoms with van der Waals surface area (Å²) in [7, 11) is 0. The van der Waals surface area contributed by atoms with Crippen LogP contribution in [0.15, 0.2) is 48.9 Å². The van der Waals surface area contributed by atoms with Gasteiger partial charge in [-0.15, -0.1) is 0 Å². The minimum Gasteiger partial charge on any atom is -0.364 e. The van der Waals surface area contributed by atoms with Crippen LogP contribution in [0.4, 0.5) is 0 Å². The van der Waals surface area contributed by atoms with Gasteiger partial charge in [-0.25, -0.2) is 0 Å². The van der Waals surface area contributed by atoms with Crippen molar-refractivity contribution in [2.45, 2.75) is 40.5 Å². The summed E-state index contributed by atoms with van der Waals surface area (Å²) in [6.45, 7) is 15.6. The molecule has 0 bridgehead atoms. The zero-order valence-corrected chi connectivity index (χ0v) is 12.7. The van der Waals surface area contributed by atoms with Crippen molar-refractivity contribution in [3.63, 3.8) is 0 Å². The molecule has 2 nitrogen and oxygen atoms in total. The van der Waals surface area contributed by atoms with Crippen molar-refractivity contribution < 1.29 is 4.79 Å².